The maximum Gasteiger partial charge on any atom is 0.321 e. The topological polar surface area (TPSA) is 151 Å². The number of fused-ring (bicyclic) bond motifs is 2. The van der Waals surface area contributed by atoms with Crippen LogP contribution in [0.5, 0.6) is 17.2 Å². The summed E-state index contributed by atoms with van der Waals surface area (Å²) >= 11 is 0. The van der Waals surface area contributed by atoms with Crippen molar-refractivity contribution in [3.63, 3.8) is 0 Å². The predicted molar refractivity (Wildman–Crippen MR) is 190 cm³/mol. The molecule has 274 valence electrons. The van der Waals surface area contributed by atoms with Gasteiger partial charge < -0.3 is 49.8 Å². The zero-order valence-corrected chi connectivity index (χ0v) is 29.7. The van der Waals surface area contributed by atoms with Crippen molar-refractivity contribution in [3.05, 3.63) is 42.0 Å². The van der Waals surface area contributed by atoms with Gasteiger partial charge in [0.15, 0.2) is 11.5 Å². The third-order valence-electron chi connectivity index (χ3n) is 9.67. The zero-order valence-electron chi connectivity index (χ0n) is 29.7. The Morgan fingerprint density at radius 3 is 2.40 bits per heavy atom. The monoisotopic (exact) mass is 695 g/mol. The molecule has 2 aliphatic heterocycles. The summed E-state index contributed by atoms with van der Waals surface area (Å²) < 4.78 is 23.5. The number of rotatable bonds is 7. The largest absolute Gasteiger partial charge is 0.490 e. The van der Waals surface area contributed by atoms with Crippen LogP contribution in [-0.4, -0.2) is 97.3 Å². The molecule has 0 radical (unpaired) electrons. The van der Waals surface area contributed by atoms with Crippen LogP contribution in [0.15, 0.2) is 36.4 Å². The van der Waals surface area contributed by atoms with Crippen LogP contribution in [0.2, 0.25) is 0 Å². The standard InChI is InChI=1S/C37H53N5O8/c1-24-20-42(25(2)22-43)35(44)30-18-28(39-36(45)38-27-11-6-5-7-12-27)13-15-31(30)50-26(3)10-8-9-17-47-34(24)21-41(4)37(46)40-29-14-16-32-33(19-29)49-23-48-32/h13-16,18-19,24-27,34,43H,5-12,17,20-23H2,1-4H3,(H,40,46)(H2,38,39,45)/t24-,25-,26+,34-/m0/s1. The third kappa shape index (κ3) is 9.94. The summed E-state index contributed by atoms with van der Waals surface area (Å²) in [4.78, 5) is 43.8. The molecule has 1 fully saturated rings. The molecule has 0 bridgehead atoms. The van der Waals surface area contributed by atoms with Crippen molar-refractivity contribution >= 4 is 29.3 Å². The highest BCUT2D eigenvalue weighted by atomic mass is 16.7. The number of aliphatic hydroxyl groups excluding tert-OH is 1. The first-order valence-electron chi connectivity index (χ1n) is 17.9. The minimum Gasteiger partial charge on any atom is -0.490 e. The number of aliphatic hydroxyl groups is 1. The van der Waals surface area contributed by atoms with Crippen molar-refractivity contribution in [1.29, 1.82) is 0 Å². The lowest BCUT2D eigenvalue weighted by Gasteiger charge is -2.35. The number of benzene rings is 2. The lowest BCUT2D eigenvalue weighted by Crippen LogP contribution is -2.48. The molecule has 4 N–H and O–H groups in total. The molecule has 0 aromatic heterocycles. The number of carbonyl (C=O) groups is 3. The molecule has 2 aromatic rings. The number of nitrogens with zero attached hydrogens (tertiary/aromatic N) is 2. The first-order valence-corrected chi connectivity index (χ1v) is 17.9. The maximum atomic E-state index is 14.4. The molecular formula is C37H53N5O8. The van der Waals surface area contributed by atoms with E-state index in [0.29, 0.717) is 40.8 Å². The highest BCUT2D eigenvalue weighted by Gasteiger charge is 2.31. The first kappa shape index (κ1) is 37.0. The van der Waals surface area contributed by atoms with Crippen LogP contribution in [0.1, 0.15) is 82.5 Å². The van der Waals surface area contributed by atoms with Crippen molar-refractivity contribution in [2.24, 2.45) is 5.92 Å². The number of nitrogens with one attached hydrogen (secondary N) is 3. The number of hydrogen-bond donors (Lipinski definition) is 4. The van der Waals surface area contributed by atoms with E-state index in [1.165, 1.54) is 6.42 Å². The smallest absolute Gasteiger partial charge is 0.321 e. The van der Waals surface area contributed by atoms with Gasteiger partial charge in [0.25, 0.3) is 5.91 Å². The molecule has 2 heterocycles. The van der Waals surface area contributed by atoms with Gasteiger partial charge in [-0.25, -0.2) is 9.59 Å². The van der Waals surface area contributed by atoms with Crippen LogP contribution in [0.4, 0.5) is 21.0 Å². The Kier molecular flexibility index (Phi) is 13.1. The highest BCUT2D eigenvalue weighted by Crippen LogP contribution is 2.34. The summed E-state index contributed by atoms with van der Waals surface area (Å²) in [5.74, 6) is 1.08. The van der Waals surface area contributed by atoms with E-state index in [2.05, 4.69) is 16.0 Å². The van der Waals surface area contributed by atoms with Crippen LogP contribution in [0.3, 0.4) is 0 Å². The van der Waals surface area contributed by atoms with Crippen molar-refractivity contribution in [2.45, 2.75) is 96.4 Å². The van der Waals surface area contributed by atoms with E-state index < -0.39 is 12.1 Å². The maximum absolute atomic E-state index is 14.4. The summed E-state index contributed by atoms with van der Waals surface area (Å²) in [6.07, 6.45) is 7.11. The highest BCUT2D eigenvalue weighted by molar-refractivity contribution is 5.99. The molecule has 13 heteroatoms. The molecule has 1 aliphatic carbocycles. The number of urea groups is 2. The van der Waals surface area contributed by atoms with Gasteiger partial charge in [0, 0.05) is 56.1 Å². The second kappa shape index (κ2) is 17.6. The number of carbonyl (C=O) groups excluding carboxylic acids is 3. The molecule has 2 aromatic carbocycles. The number of hydrogen-bond acceptors (Lipinski definition) is 8. The van der Waals surface area contributed by atoms with Gasteiger partial charge in [-0.2, -0.15) is 0 Å². The van der Waals surface area contributed by atoms with E-state index in [4.69, 9.17) is 18.9 Å². The molecule has 3 aliphatic rings. The second-order valence-corrected chi connectivity index (χ2v) is 13.8. The van der Waals surface area contributed by atoms with Crippen LogP contribution >= 0.6 is 0 Å². The molecule has 0 saturated heterocycles. The predicted octanol–water partition coefficient (Wildman–Crippen LogP) is 5.83. The summed E-state index contributed by atoms with van der Waals surface area (Å²) in [7, 11) is 1.71. The summed E-state index contributed by atoms with van der Waals surface area (Å²) in [5.41, 5.74) is 1.35. The zero-order chi connectivity index (χ0) is 35.6. The minimum atomic E-state index is -0.526. The van der Waals surface area contributed by atoms with E-state index in [0.717, 1.165) is 44.9 Å². The van der Waals surface area contributed by atoms with Gasteiger partial charge in [-0.3, -0.25) is 4.79 Å². The fraction of sp³-hybridized carbons (Fsp3) is 0.595. The Labute approximate surface area is 294 Å². The Morgan fingerprint density at radius 2 is 1.64 bits per heavy atom. The summed E-state index contributed by atoms with van der Waals surface area (Å²) in [6.45, 7) is 6.63. The normalized spacial score (nSPS) is 22.4. The Bertz CT molecular complexity index is 1470. The fourth-order valence-electron chi connectivity index (χ4n) is 6.61. The average Bonchev–Trinajstić information content (AvgIpc) is 3.58. The van der Waals surface area contributed by atoms with Crippen LogP contribution < -0.4 is 30.2 Å². The van der Waals surface area contributed by atoms with Crippen molar-refractivity contribution in [3.8, 4) is 17.2 Å². The number of amides is 5. The van der Waals surface area contributed by atoms with E-state index in [-0.39, 0.29) is 62.5 Å². The lowest BCUT2D eigenvalue weighted by molar-refractivity contribution is -0.0115. The number of likely N-dealkylation sites (N-methyl/N-ethyl adjacent to an activating group) is 1. The van der Waals surface area contributed by atoms with Gasteiger partial charge >= 0.3 is 12.1 Å². The molecule has 5 amide bonds. The minimum absolute atomic E-state index is 0.137. The summed E-state index contributed by atoms with van der Waals surface area (Å²) in [6, 6.07) is 9.36. The van der Waals surface area contributed by atoms with Gasteiger partial charge in [-0.05, 0) is 76.3 Å². The number of anilines is 2. The second-order valence-electron chi connectivity index (χ2n) is 13.8. The fourth-order valence-corrected chi connectivity index (χ4v) is 6.61. The van der Waals surface area contributed by atoms with E-state index in [1.807, 2.05) is 13.8 Å². The van der Waals surface area contributed by atoms with E-state index in [1.54, 1.807) is 60.2 Å². The molecule has 1 saturated carbocycles. The van der Waals surface area contributed by atoms with E-state index >= 15 is 0 Å². The Morgan fingerprint density at radius 1 is 0.940 bits per heavy atom. The number of ether oxygens (including phenoxy) is 4. The van der Waals surface area contributed by atoms with Gasteiger partial charge in [0.2, 0.25) is 6.79 Å². The molecule has 0 spiro atoms. The van der Waals surface area contributed by atoms with Gasteiger partial charge in [0.05, 0.1) is 30.4 Å². The average molecular weight is 696 g/mol. The Hall–Kier alpha value is -4.23. The molecule has 13 nitrogen and oxygen atoms in total. The van der Waals surface area contributed by atoms with Crippen LogP contribution in [-0.2, 0) is 4.74 Å². The first-order chi connectivity index (χ1) is 24.1. The van der Waals surface area contributed by atoms with Crippen LogP contribution in [0.25, 0.3) is 0 Å². The molecule has 0 unspecified atom stereocenters. The molecule has 5 rings (SSSR count). The quantitative estimate of drug-likeness (QED) is 0.283. The van der Waals surface area contributed by atoms with E-state index in [9.17, 15) is 19.5 Å². The van der Waals surface area contributed by atoms with Gasteiger partial charge in [0.1, 0.15) is 5.75 Å². The van der Waals surface area contributed by atoms with Crippen LogP contribution in [0, 0.1) is 5.92 Å². The van der Waals surface area contributed by atoms with Gasteiger partial charge in [-0.15, -0.1) is 0 Å². The molecule has 4 atom stereocenters. The summed E-state index contributed by atoms with van der Waals surface area (Å²) in [5, 5.41) is 19.1. The van der Waals surface area contributed by atoms with Gasteiger partial charge in [-0.1, -0.05) is 26.2 Å². The Balaban J connectivity index is 1.33. The SMILES string of the molecule is C[C@@H]1CCCCO[C@@H](CN(C)C(=O)Nc2ccc3c(c2)OCO3)[C@@H](C)CN([C@@H](C)CO)C(=O)c2cc(NC(=O)NC3CCCCC3)ccc2O1. The lowest BCUT2D eigenvalue weighted by atomic mass is 9.96. The molecule has 50 heavy (non-hydrogen) atoms. The van der Waals surface area contributed by atoms with Crippen molar-refractivity contribution < 1.29 is 38.4 Å². The van der Waals surface area contributed by atoms with Crippen molar-refractivity contribution in [2.75, 3.05) is 50.8 Å². The third-order valence-corrected chi connectivity index (χ3v) is 9.67. The molecular weight excluding hydrogens is 642 g/mol. The van der Waals surface area contributed by atoms with Crippen molar-refractivity contribution in [1.82, 2.24) is 15.1 Å².